The predicted octanol–water partition coefficient (Wildman–Crippen LogP) is 0.363. The monoisotopic (exact) mass is 340 g/mol. The third-order valence-corrected chi connectivity index (χ3v) is 5.72. The molecule has 0 unspecified atom stereocenters. The van der Waals surface area contributed by atoms with Gasteiger partial charge in [-0.2, -0.15) is 0 Å². The normalized spacial score (nSPS) is 26.2. The number of hydrogen-bond donors (Lipinski definition) is 1. The van der Waals surface area contributed by atoms with Crippen molar-refractivity contribution in [1.29, 1.82) is 0 Å². The van der Waals surface area contributed by atoms with Crippen LogP contribution in [-0.4, -0.2) is 58.2 Å². The summed E-state index contributed by atoms with van der Waals surface area (Å²) in [6.45, 7) is 1.03. The van der Waals surface area contributed by atoms with Crippen molar-refractivity contribution in [2.24, 2.45) is 0 Å². The Morgan fingerprint density at radius 2 is 2.09 bits per heavy atom. The number of carbonyl (C=O) groups excluding carboxylic acids is 1. The third-order valence-electron chi connectivity index (χ3n) is 4.19. The summed E-state index contributed by atoms with van der Waals surface area (Å²) in [5, 5.41) is 0. The van der Waals surface area contributed by atoms with E-state index in [1.54, 1.807) is 23.1 Å². The van der Waals surface area contributed by atoms with Crippen LogP contribution in [0.15, 0.2) is 29.2 Å². The number of amides is 1. The van der Waals surface area contributed by atoms with Crippen LogP contribution in [0, 0.1) is 0 Å². The van der Waals surface area contributed by atoms with Gasteiger partial charge in [0.1, 0.15) is 23.4 Å². The van der Waals surface area contributed by atoms with E-state index < -0.39 is 10.0 Å². The van der Waals surface area contributed by atoms with Crippen LogP contribution in [0.5, 0.6) is 5.75 Å². The molecule has 1 aromatic rings. The average molecular weight is 340 g/mol. The van der Waals surface area contributed by atoms with Gasteiger partial charge in [0.05, 0.1) is 6.04 Å². The second kappa shape index (κ2) is 6.46. The van der Waals surface area contributed by atoms with Crippen LogP contribution in [0.1, 0.15) is 12.8 Å². The quantitative estimate of drug-likeness (QED) is 0.840. The second-order valence-electron chi connectivity index (χ2n) is 5.72. The molecule has 2 aliphatic heterocycles. The van der Waals surface area contributed by atoms with Crippen LogP contribution >= 0.6 is 0 Å². The Bertz CT molecular complexity index is 691. The van der Waals surface area contributed by atoms with Crippen molar-refractivity contribution in [3.05, 3.63) is 24.3 Å². The van der Waals surface area contributed by atoms with Crippen LogP contribution in [0.25, 0.3) is 0 Å². The van der Waals surface area contributed by atoms with Gasteiger partial charge in [-0.05, 0) is 18.6 Å². The molecule has 1 saturated heterocycles. The van der Waals surface area contributed by atoms with Gasteiger partial charge in [0.15, 0.2) is 0 Å². The minimum absolute atomic E-state index is 0.0325. The van der Waals surface area contributed by atoms with E-state index in [-0.39, 0.29) is 29.6 Å². The SMILES string of the molecule is COCC(=O)N1CC[C@@H]2NS(=O)(=O)c3ccccc3O[C@H]2CC1. The highest BCUT2D eigenvalue weighted by Crippen LogP contribution is 2.30. The number of ether oxygens (including phenoxy) is 2. The largest absolute Gasteiger partial charge is 0.487 e. The van der Waals surface area contributed by atoms with Crippen LogP contribution < -0.4 is 9.46 Å². The molecule has 0 radical (unpaired) electrons. The molecule has 2 aliphatic rings. The number of carbonyl (C=O) groups is 1. The zero-order valence-corrected chi connectivity index (χ0v) is 13.7. The number of fused-ring (bicyclic) bond motifs is 2. The number of methoxy groups -OCH3 is 1. The number of sulfonamides is 1. The van der Waals surface area contributed by atoms with Crippen molar-refractivity contribution in [2.45, 2.75) is 29.9 Å². The fourth-order valence-corrected chi connectivity index (χ4v) is 4.45. The van der Waals surface area contributed by atoms with E-state index in [2.05, 4.69) is 4.72 Å². The van der Waals surface area contributed by atoms with E-state index in [0.29, 0.717) is 31.7 Å². The summed E-state index contributed by atoms with van der Waals surface area (Å²) in [6.07, 6.45) is 0.776. The Hall–Kier alpha value is -1.64. The number of para-hydroxylation sites is 1. The van der Waals surface area contributed by atoms with E-state index in [1.165, 1.54) is 13.2 Å². The van der Waals surface area contributed by atoms with Crippen molar-refractivity contribution in [2.75, 3.05) is 26.8 Å². The van der Waals surface area contributed by atoms with Crippen molar-refractivity contribution in [3.8, 4) is 5.75 Å². The number of benzene rings is 1. The van der Waals surface area contributed by atoms with Gasteiger partial charge >= 0.3 is 0 Å². The highest BCUT2D eigenvalue weighted by molar-refractivity contribution is 7.89. The first-order valence-electron chi connectivity index (χ1n) is 7.56. The summed E-state index contributed by atoms with van der Waals surface area (Å²) in [4.78, 5) is 13.8. The highest BCUT2D eigenvalue weighted by atomic mass is 32.2. The summed E-state index contributed by atoms with van der Waals surface area (Å²) in [5.74, 6) is 0.274. The van der Waals surface area contributed by atoms with Crippen molar-refractivity contribution in [3.63, 3.8) is 0 Å². The Balaban J connectivity index is 1.83. The van der Waals surface area contributed by atoms with E-state index in [0.717, 1.165) is 0 Å². The molecule has 7 nitrogen and oxygen atoms in total. The third kappa shape index (κ3) is 3.34. The van der Waals surface area contributed by atoms with Crippen LogP contribution in [-0.2, 0) is 19.6 Å². The topological polar surface area (TPSA) is 84.9 Å². The molecule has 2 heterocycles. The zero-order chi connectivity index (χ0) is 16.4. The lowest BCUT2D eigenvalue weighted by molar-refractivity contribution is -0.135. The molecule has 0 bridgehead atoms. The van der Waals surface area contributed by atoms with Gasteiger partial charge in [-0.3, -0.25) is 4.79 Å². The van der Waals surface area contributed by atoms with E-state index in [4.69, 9.17) is 9.47 Å². The maximum atomic E-state index is 12.5. The predicted molar refractivity (Wildman–Crippen MR) is 82.7 cm³/mol. The smallest absolute Gasteiger partial charge is 0.248 e. The van der Waals surface area contributed by atoms with Gasteiger partial charge < -0.3 is 14.4 Å². The number of hydrogen-bond acceptors (Lipinski definition) is 5. The molecule has 126 valence electrons. The first-order valence-corrected chi connectivity index (χ1v) is 9.04. The van der Waals surface area contributed by atoms with Gasteiger partial charge in [0.2, 0.25) is 15.9 Å². The van der Waals surface area contributed by atoms with Crippen LogP contribution in [0.3, 0.4) is 0 Å². The summed E-state index contributed by atoms with van der Waals surface area (Å²) in [5.41, 5.74) is 0. The van der Waals surface area contributed by atoms with Gasteiger partial charge in [-0.1, -0.05) is 12.1 Å². The lowest BCUT2D eigenvalue weighted by atomic mass is 10.1. The molecular weight excluding hydrogens is 320 g/mol. The molecule has 0 saturated carbocycles. The lowest BCUT2D eigenvalue weighted by Crippen LogP contribution is -2.43. The summed E-state index contributed by atoms with van der Waals surface area (Å²) in [6, 6.07) is 6.27. The number of nitrogens with zero attached hydrogens (tertiary/aromatic N) is 1. The van der Waals surface area contributed by atoms with E-state index in [1.807, 2.05) is 0 Å². The van der Waals surface area contributed by atoms with Gasteiger partial charge in [0.25, 0.3) is 0 Å². The standard InChI is InChI=1S/C15H20N2O5S/c1-21-10-15(18)17-8-6-11-12(7-9-17)22-13-4-2-3-5-14(13)23(19,20)16-11/h2-5,11-12,16H,6-10H2,1H3/t11-,12-/m0/s1. The lowest BCUT2D eigenvalue weighted by Gasteiger charge is -2.22. The number of likely N-dealkylation sites (tertiary alicyclic amines) is 1. The Morgan fingerprint density at radius 1 is 1.35 bits per heavy atom. The maximum absolute atomic E-state index is 12.5. The summed E-state index contributed by atoms with van der Waals surface area (Å²) < 4.78 is 38.5. The van der Waals surface area contributed by atoms with E-state index in [9.17, 15) is 13.2 Å². The van der Waals surface area contributed by atoms with Gasteiger partial charge in [-0.15, -0.1) is 0 Å². The van der Waals surface area contributed by atoms with Crippen molar-refractivity contribution >= 4 is 15.9 Å². The minimum Gasteiger partial charge on any atom is -0.487 e. The van der Waals surface area contributed by atoms with E-state index >= 15 is 0 Å². The maximum Gasteiger partial charge on any atom is 0.248 e. The van der Waals surface area contributed by atoms with Crippen molar-refractivity contribution in [1.82, 2.24) is 9.62 Å². The average Bonchev–Trinajstić information content (AvgIpc) is 2.76. The first-order chi connectivity index (χ1) is 11.0. The molecule has 1 N–H and O–H groups in total. The highest BCUT2D eigenvalue weighted by Gasteiger charge is 2.37. The molecule has 0 aromatic heterocycles. The summed E-state index contributed by atoms with van der Waals surface area (Å²) in [7, 11) is -2.14. The Labute approximate surface area is 135 Å². The number of rotatable bonds is 2. The van der Waals surface area contributed by atoms with Crippen LogP contribution in [0.4, 0.5) is 0 Å². The Morgan fingerprint density at radius 3 is 2.87 bits per heavy atom. The van der Waals surface area contributed by atoms with Crippen LogP contribution in [0.2, 0.25) is 0 Å². The molecular formula is C15H20N2O5S. The molecule has 1 aromatic carbocycles. The zero-order valence-electron chi connectivity index (χ0n) is 12.9. The molecule has 2 atom stereocenters. The second-order valence-corrected chi connectivity index (χ2v) is 7.40. The molecule has 3 rings (SSSR count). The van der Waals surface area contributed by atoms with Gasteiger partial charge in [0, 0.05) is 26.6 Å². The molecule has 1 amide bonds. The fraction of sp³-hybridized carbons (Fsp3) is 0.533. The minimum atomic E-state index is -3.62. The first kappa shape index (κ1) is 16.2. The Kier molecular flexibility index (Phi) is 4.56. The number of nitrogens with one attached hydrogen (secondary N) is 1. The molecule has 1 fully saturated rings. The summed E-state index contributed by atoms with van der Waals surface area (Å²) >= 11 is 0. The van der Waals surface area contributed by atoms with Gasteiger partial charge in [-0.25, -0.2) is 13.1 Å². The molecule has 23 heavy (non-hydrogen) atoms. The molecule has 0 aliphatic carbocycles. The molecule has 8 heteroatoms. The van der Waals surface area contributed by atoms with Crippen molar-refractivity contribution < 1.29 is 22.7 Å². The fourth-order valence-electron chi connectivity index (χ4n) is 3.01. The molecule has 0 spiro atoms.